The van der Waals surface area contributed by atoms with Gasteiger partial charge in [0, 0.05) is 19.3 Å². The highest BCUT2D eigenvalue weighted by molar-refractivity contribution is 5.71. The maximum absolute atomic E-state index is 13.0. The molecule has 6 nitrogen and oxygen atoms in total. The summed E-state index contributed by atoms with van der Waals surface area (Å²) in [6, 6.07) is 0. The number of hydrogen-bond acceptors (Lipinski definition) is 6. The molecule has 0 saturated heterocycles. The van der Waals surface area contributed by atoms with Crippen LogP contribution in [0.25, 0.3) is 0 Å². The van der Waals surface area contributed by atoms with Gasteiger partial charge in [0.2, 0.25) is 0 Å². The maximum atomic E-state index is 13.0. The van der Waals surface area contributed by atoms with Crippen LogP contribution in [0, 0.1) is 0 Å². The summed E-state index contributed by atoms with van der Waals surface area (Å²) in [5.41, 5.74) is 0. The van der Waals surface area contributed by atoms with Gasteiger partial charge in [0.05, 0.1) is 0 Å². The fraction of sp³-hybridized carbons (Fsp3) is 0.829. The first kappa shape index (κ1) is 79.1. The Bertz CT molecular complexity index is 1460. The van der Waals surface area contributed by atoms with Gasteiger partial charge in [0.1, 0.15) is 13.2 Å². The Balaban J connectivity index is 4.30. The van der Waals surface area contributed by atoms with E-state index in [0.717, 1.165) is 96.3 Å². The van der Waals surface area contributed by atoms with Gasteiger partial charge in [-0.2, -0.15) is 0 Å². The third kappa shape index (κ3) is 67.9. The third-order valence-electron chi connectivity index (χ3n) is 16.2. The van der Waals surface area contributed by atoms with Crippen LogP contribution < -0.4 is 0 Å². The Morgan fingerprint density at radius 2 is 0.439 bits per heavy atom. The standard InChI is InChI=1S/C76H138O6/c1-4-7-10-13-16-19-22-25-28-31-34-35-36-37-38-39-40-41-43-45-48-51-54-57-60-63-66-69-75(78)81-72-73(71-80-74(77)68-65-62-59-56-53-50-47-44-33-30-27-24-21-18-15-12-9-6-3)82-76(79)70-67-64-61-58-55-52-49-46-42-32-29-26-23-20-17-14-11-8-5-2/h17,20-21,24,26,29-30,33,42,46,73H,4-16,18-19,22-23,25,27-28,31-32,34-41,43-45,47-72H2,1-3H3/b20-17-,24-21-,29-26-,33-30-,46-42-. The zero-order chi connectivity index (χ0) is 59.2. The van der Waals surface area contributed by atoms with Crippen molar-refractivity contribution < 1.29 is 28.6 Å². The highest BCUT2D eigenvalue weighted by Gasteiger charge is 2.19. The molecule has 0 saturated carbocycles. The normalized spacial score (nSPS) is 12.4. The second-order valence-electron chi connectivity index (χ2n) is 24.5. The Kier molecular flexibility index (Phi) is 68.1. The van der Waals surface area contributed by atoms with Crippen molar-refractivity contribution in [3.8, 4) is 0 Å². The van der Waals surface area contributed by atoms with Gasteiger partial charge in [0.15, 0.2) is 6.10 Å². The second kappa shape index (κ2) is 70.6. The number of hydrogen-bond donors (Lipinski definition) is 0. The Hall–Kier alpha value is -2.89. The number of esters is 3. The van der Waals surface area contributed by atoms with E-state index < -0.39 is 6.10 Å². The van der Waals surface area contributed by atoms with E-state index in [2.05, 4.69) is 81.5 Å². The monoisotopic (exact) mass is 1150 g/mol. The van der Waals surface area contributed by atoms with Crippen LogP contribution in [0.2, 0.25) is 0 Å². The summed E-state index contributed by atoms with van der Waals surface area (Å²) in [6.07, 6.45) is 91.1. The van der Waals surface area contributed by atoms with Crippen LogP contribution in [0.1, 0.15) is 387 Å². The van der Waals surface area contributed by atoms with Crippen LogP contribution in [0.5, 0.6) is 0 Å². The van der Waals surface area contributed by atoms with Gasteiger partial charge in [-0.15, -0.1) is 0 Å². The Morgan fingerprint density at radius 3 is 0.720 bits per heavy atom. The number of rotatable bonds is 67. The molecule has 0 N–H and O–H groups in total. The molecular weight excluding hydrogens is 1010 g/mol. The van der Waals surface area contributed by atoms with Gasteiger partial charge in [-0.25, -0.2) is 0 Å². The molecule has 1 unspecified atom stereocenters. The van der Waals surface area contributed by atoms with Crippen molar-refractivity contribution in [2.45, 2.75) is 393 Å². The van der Waals surface area contributed by atoms with Crippen molar-refractivity contribution in [1.29, 1.82) is 0 Å². The number of carbonyl (C=O) groups excluding carboxylic acids is 3. The summed E-state index contributed by atoms with van der Waals surface area (Å²) in [5, 5.41) is 0. The van der Waals surface area contributed by atoms with E-state index in [1.54, 1.807) is 0 Å². The molecule has 0 fully saturated rings. The minimum Gasteiger partial charge on any atom is -0.462 e. The fourth-order valence-corrected chi connectivity index (χ4v) is 10.8. The molecule has 0 aliphatic rings. The van der Waals surface area contributed by atoms with Crippen molar-refractivity contribution in [1.82, 2.24) is 0 Å². The first-order chi connectivity index (χ1) is 40.5. The zero-order valence-corrected chi connectivity index (χ0v) is 55.0. The van der Waals surface area contributed by atoms with Crippen LogP contribution in [0.4, 0.5) is 0 Å². The lowest BCUT2D eigenvalue weighted by Crippen LogP contribution is -2.30. The summed E-state index contributed by atoms with van der Waals surface area (Å²) in [5.74, 6) is -0.875. The molecule has 0 aromatic rings. The highest BCUT2D eigenvalue weighted by Crippen LogP contribution is 2.18. The molecular formula is C76H138O6. The summed E-state index contributed by atoms with van der Waals surface area (Å²) < 4.78 is 17.0. The predicted molar refractivity (Wildman–Crippen MR) is 358 cm³/mol. The lowest BCUT2D eigenvalue weighted by molar-refractivity contribution is -0.167. The van der Waals surface area contributed by atoms with Crippen LogP contribution in [0.3, 0.4) is 0 Å². The SMILES string of the molecule is CCCCC/C=C\C/C=C\C/C=C\CCCCCCCCC(=O)OC(COC(=O)CCCCCCCCC/C=C\C/C=C\CCCCCC)COC(=O)CCCCCCCCCCCCCCCCCCCCCCCCCCCCC. The van der Waals surface area contributed by atoms with Crippen molar-refractivity contribution in [3.63, 3.8) is 0 Å². The molecule has 0 amide bonds. The molecule has 478 valence electrons. The van der Waals surface area contributed by atoms with E-state index in [9.17, 15) is 14.4 Å². The minimum absolute atomic E-state index is 0.0787. The molecule has 82 heavy (non-hydrogen) atoms. The minimum atomic E-state index is -0.786. The number of unbranched alkanes of at least 4 members (excludes halogenated alkanes) is 46. The van der Waals surface area contributed by atoms with Gasteiger partial charge in [-0.05, 0) is 89.9 Å². The molecule has 0 aromatic heterocycles. The number of ether oxygens (including phenoxy) is 3. The van der Waals surface area contributed by atoms with E-state index in [4.69, 9.17) is 14.2 Å². The van der Waals surface area contributed by atoms with Crippen molar-refractivity contribution >= 4 is 17.9 Å². The number of carbonyl (C=O) groups is 3. The lowest BCUT2D eigenvalue weighted by atomic mass is 10.0. The summed E-state index contributed by atoms with van der Waals surface area (Å²) >= 11 is 0. The van der Waals surface area contributed by atoms with Gasteiger partial charge in [0.25, 0.3) is 0 Å². The van der Waals surface area contributed by atoms with Crippen molar-refractivity contribution in [2.75, 3.05) is 13.2 Å². The van der Waals surface area contributed by atoms with Crippen LogP contribution in [0.15, 0.2) is 60.8 Å². The first-order valence-electron chi connectivity index (χ1n) is 36.3. The molecule has 0 radical (unpaired) electrons. The molecule has 6 heteroatoms. The van der Waals surface area contributed by atoms with Crippen LogP contribution in [-0.4, -0.2) is 37.2 Å². The van der Waals surface area contributed by atoms with E-state index in [0.29, 0.717) is 19.3 Å². The quantitative estimate of drug-likeness (QED) is 0.0261. The molecule has 0 aliphatic carbocycles. The maximum Gasteiger partial charge on any atom is 0.306 e. The summed E-state index contributed by atoms with van der Waals surface area (Å²) in [6.45, 7) is 6.65. The third-order valence-corrected chi connectivity index (χ3v) is 16.2. The van der Waals surface area contributed by atoms with E-state index in [-0.39, 0.29) is 31.1 Å². The molecule has 1 atom stereocenters. The first-order valence-corrected chi connectivity index (χ1v) is 36.3. The second-order valence-corrected chi connectivity index (χ2v) is 24.5. The van der Waals surface area contributed by atoms with E-state index in [1.165, 1.54) is 250 Å². The highest BCUT2D eigenvalue weighted by atomic mass is 16.6. The van der Waals surface area contributed by atoms with Gasteiger partial charge >= 0.3 is 17.9 Å². The van der Waals surface area contributed by atoms with E-state index >= 15 is 0 Å². The molecule has 0 spiro atoms. The molecule has 0 bridgehead atoms. The Morgan fingerprint density at radius 1 is 0.244 bits per heavy atom. The fourth-order valence-electron chi connectivity index (χ4n) is 10.8. The molecule has 0 heterocycles. The topological polar surface area (TPSA) is 78.9 Å². The van der Waals surface area contributed by atoms with Gasteiger partial charge in [-0.3, -0.25) is 14.4 Å². The molecule has 0 rings (SSSR count). The van der Waals surface area contributed by atoms with Gasteiger partial charge in [-0.1, -0.05) is 338 Å². The van der Waals surface area contributed by atoms with Crippen molar-refractivity contribution in [3.05, 3.63) is 60.8 Å². The molecule has 0 aliphatic heterocycles. The van der Waals surface area contributed by atoms with Crippen molar-refractivity contribution in [2.24, 2.45) is 0 Å². The summed E-state index contributed by atoms with van der Waals surface area (Å²) in [4.78, 5) is 38.5. The number of allylic oxidation sites excluding steroid dienone is 10. The Labute approximate surface area is 510 Å². The largest absolute Gasteiger partial charge is 0.462 e. The molecule has 0 aromatic carbocycles. The predicted octanol–water partition coefficient (Wildman–Crippen LogP) is 25.1. The van der Waals surface area contributed by atoms with Crippen LogP contribution in [-0.2, 0) is 28.6 Å². The lowest BCUT2D eigenvalue weighted by Gasteiger charge is -2.18. The average molecular weight is 1150 g/mol. The van der Waals surface area contributed by atoms with E-state index in [1.807, 2.05) is 0 Å². The average Bonchev–Trinajstić information content (AvgIpc) is 3.47. The zero-order valence-electron chi connectivity index (χ0n) is 55.0. The summed E-state index contributed by atoms with van der Waals surface area (Å²) in [7, 11) is 0. The van der Waals surface area contributed by atoms with Crippen LogP contribution >= 0.6 is 0 Å². The smallest absolute Gasteiger partial charge is 0.306 e. The van der Waals surface area contributed by atoms with Gasteiger partial charge < -0.3 is 14.2 Å².